The van der Waals surface area contributed by atoms with Crippen LogP contribution in [-0.2, 0) is 24.3 Å². The molecule has 4 rings (SSSR count). The zero-order valence-corrected chi connectivity index (χ0v) is 17.2. The van der Waals surface area contributed by atoms with Crippen LogP contribution < -0.4 is 5.32 Å². The van der Waals surface area contributed by atoms with Gasteiger partial charge in [0, 0.05) is 42.8 Å². The third-order valence-corrected chi connectivity index (χ3v) is 5.89. The normalized spacial score (nSPS) is 15.6. The molecule has 0 spiro atoms. The highest BCUT2D eigenvalue weighted by Gasteiger charge is 2.17. The average Bonchev–Trinajstić information content (AvgIpc) is 3.04. The van der Waals surface area contributed by atoms with Crippen molar-refractivity contribution < 1.29 is 14.3 Å². The molecule has 0 unspecified atom stereocenters. The van der Waals surface area contributed by atoms with Gasteiger partial charge in [0.25, 0.3) is 0 Å². The Morgan fingerprint density at radius 1 is 1.17 bits per heavy atom. The number of carbonyl (C=O) groups is 1. The van der Waals surface area contributed by atoms with E-state index < -0.39 is 0 Å². The molecule has 0 radical (unpaired) electrons. The van der Waals surface area contributed by atoms with Crippen LogP contribution in [0.3, 0.4) is 0 Å². The second kappa shape index (κ2) is 8.98. The van der Waals surface area contributed by atoms with Gasteiger partial charge in [-0.15, -0.1) is 0 Å². The number of nitrogens with one attached hydrogen (secondary N) is 2. The molecule has 0 saturated carbocycles. The predicted octanol–water partition coefficient (Wildman–Crippen LogP) is 3.43. The van der Waals surface area contributed by atoms with Gasteiger partial charge in [-0.05, 0) is 54.7 Å². The Kier molecular flexibility index (Phi) is 6.16. The molecule has 1 aliphatic rings. The summed E-state index contributed by atoms with van der Waals surface area (Å²) in [5.41, 5.74) is 4.85. The largest absolute Gasteiger partial charge is 0.393 e. The SMILES string of the molecule is Cc1[nH]c2ccc(F)cc2c1CC(=O)NCc1ccc(CN2CCC(O)CC2)cc1. The number of halogens is 1. The van der Waals surface area contributed by atoms with Crippen molar-refractivity contribution in [3.05, 3.63) is 70.7 Å². The topological polar surface area (TPSA) is 68.4 Å². The van der Waals surface area contributed by atoms with Gasteiger partial charge in [0.2, 0.25) is 5.91 Å². The van der Waals surface area contributed by atoms with Crippen molar-refractivity contribution >= 4 is 16.8 Å². The predicted molar refractivity (Wildman–Crippen MR) is 116 cm³/mol. The monoisotopic (exact) mass is 409 g/mol. The van der Waals surface area contributed by atoms with Crippen LogP contribution in [0.2, 0.25) is 0 Å². The van der Waals surface area contributed by atoms with Crippen LogP contribution in [0.4, 0.5) is 4.39 Å². The number of H-pyrrole nitrogens is 1. The van der Waals surface area contributed by atoms with Crippen LogP contribution in [0, 0.1) is 12.7 Å². The van der Waals surface area contributed by atoms with Crippen molar-refractivity contribution in [2.75, 3.05) is 13.1 Å². The first kappa shape index (κ1) is 20.6. The Labute approximate surface area is 175 Å². The molecule has 5 nitrogen and oxygen atoms in total. The zero-order chi connectivity index (χ0) is 21.1. The number of aromatic nitrogens is 1. The maximum atomic E-state index is 13.6. The number of hydrogen-bond acceptors (Lipinski definition) is 3. The second-order valence-corrected chi connectivity index (χ2v) is 8.20. The van der Waals surface area contributed by atoms with Crippen molar-refractivity contribution in [1.29, 1.82) is 0 Å². The summed E-state index contributed by atoms with van der Waals surface area (Å²) in [6.45, 7) is 5.11. The molecule has 1 aliphatic heterocycles. The third kappa shape index (κ3) is 4.89. The molecule has 1 amide bonds. The van der Waals surface area contributed by atoms with Crippen LogP contribution in [0.1, 0.15) is 35.2 Å². The number of benzene rings is 2. The molecule has 2 aromatic carbocycles. The van der Waals surface area contributed by atoms with Gasteiger partial charge in [-0.2, -0.15) is 0 Å². The summed E-state index contributed by atoms with van der Waals surface area (Å²) < 4.78 is 13.6. The van der Waals surface area contributed by atoms with E-state index >= 15 is 0 Å². The van der Waals surface area contributed by atoms with E-state index in [0.717, 1.165) is 60.2 Å². The van der Waals surface area contributed by atoms with Crippen molar-refractivity contribution in [2.24, 2.45) is 0 Å². The summed E-state index contributed by atoms with van der Waals surface area (Å²) >= 11 is 0. The van der Waals surface area contributed by atoms with Gasteiger partial charge in [-0.1, -0.05) is 24.3 Å². The molecular formula is C24H28FN3O2. The molecule has 2 heterocycles. The van der Waals surface area contributed by atoms with E-state index in [4.69, 9.17) is 0 Å². The van der Waals surface area contributed by atoms with E-state index in [-0.39, 0.29) is 24.2 Å². The molecule has 0 bridgehead atoms. The Bertz CT molecular complexity index is 1020. The number of amides is 1. The molecule has 3 N–H and O–H groups in total. The highest BCUT2D eigenvalue weighted by molar-refractivity contribution is 5.90. The lowest BCUT2D eigenvalue weighted by Crippen LogP contribution is -2.35. The van der Waals surface area contributed by atoms with Crippen LogP contribution in [0.15, 0.2) is 42.5 Å². The molecule has 3 aromatic rings. The summed E-state index contributed by atoms with van der Waals surface area (Å²) in [4.78, 5) is 18.0. The molecule has 0 atom stereocenters. The first-order valence-corrected chi connectivity index (χ1v) is 10.5. The van der Waals surface area contributed by atoms with Gasteiger partial charge in [0.05, 0.1) is 12.5 Å². The van der Waals surface area contributed by atoms with E-state index in [0.29, 0.717) is 6.54 Å². The standard InChI is InChI=1S/C24H28FN3O2/c1-16-21(22-12-19(25)6-7-23(22)27-16)13-24(30)26-14-17-2-4-18(5-3-17)15-28-10-8-20(29)9-11-28/h2-7,12,20,27,29H,8-11,13-15H2,1H3,(H,26,30). The third-order valence-electron chi connectivity index (χ3n) is 5.89. The maximum absolute atomic E-state index is 13.6. The number of aliphatic hydroxyl groups is 1. The van der Waals surface area contributed by atoms with E-state index in [1.54, 1.807) is 6.07 Å². The fraction of sp³-hybridized carbons (Fsp3) is 0.375. The second-order valence-electron chi connectivity index (χ2n) is 8.20. The van der Waals surface area contributed by atoms with Gasteiger partial charge in [-0.3, -0.25) is 9.69 Å². The first-order valence-electron chi connectivity index (χ1n) is 10.5. The number of aryl methyl sites for hydroxylation is 1. The number of piperidine rings is 1. The number of aromatic amines is 1. The first-order chi connectivity index (χ1) is 14.5. The summed E-state index contributed by atoms with van der Waals surface area (Å²) in [6.07, 6.45) is 1.74. The number of aliphatic hydroxyl groups excluding tert-OH is 1. The maximum Gasteiger partial charge on any atom is 0.224 e. The molecule has 1 saturated heterocycles. The molecule has 0 aliphatic carbocycles. The van der Waals surface area contributed by atoms with Gasteiger partial charge in [-0.25, -0.2) is 4.39 Å². The summed E-state index contributed by atoms with van der Waals surface area (Å²) in [5.74, 6) is -0.386. The quantitative estimate of drug-likeness (QED) is 0.584. The molecule has 158 valence electrons. The van der Waals surface area contributed by atoms with Crippen molar-refractivity contribution in [3.63, 3.8) is 0 Å². The highest BCUT2D eigenvalue weighted by Crippen LogP contribution is 2.23. The van der Waals surface area contributed by atoms with Crippen molar-refractivity contribution in [3.8, 4) is 0 Å². The lowest BCUT2D eigenvalue weighted by Gasteiger charge is -2.29. The minimum absolute atomic E-state index is 0.0841. The van der Waals surface area contributed by atoms with Crippen LogP contribution >= 0.6 is 0 Å². The Balaban J connectivity index is 1.31. The number of fused-ring (bicyclic) bond motifs is 1. The lowest BCUT2D eigenvalue weighted by atomic mass is 10.1. The summed E-state index contributed by atoms with van der Waals surface area (Å²) in [7, 11) is 0. The molecular weight excluding hydrogens is 381 g/mol. The number of carbonyl (C=O) groups excluding carboxylic acids is 1. The molecule has 1 aromatic heterocycles. The van der Waals surface area contributed by atoms with Gasteiger partial charge < -0.3 is 15.4 Å². The minimum Gasteiger partial charge on any atom is -0.393 e. The Morgan fingerprint density at radius 2 is 1.87 bits per heavy atom. The van der Waals surface area contributed by atoms with E-state index in [9.17, 15) is 14.3 Å². The summed E-state index contributed by atoms with van der Waals surface area (Å²) in [6, 6.07) is 12.9. The average molecular weight is 410 g/mol. The van der Waals surface area contributed by atoms with E-state index in [2.05, 4.69) is 27.3 Å². The fourth-order valence-electron chi connectivity index (χ4n) is 4.10. The van der Waals surface area contributed by atoms with E-state index in [1.807, 2.05) is 19.1 Å². The van der Waals surface area contributed by atoms with Gasteiger partial charge in [0.15, 0.2) is 0 Å². The fourth-order valence-corrected chi connectivity index (χ4v) is 4.10. The van der Waals surface area contributed by atoms with Crippen molar-refractivity contribution in [1.82, 2.24) is 15.2 Å². The Hall–Kier alpha value is -2.70. The summed E-state index contributed by atoms with van der Waals surface area (Å²) in [5, 5.41) is 13.3. The highest BCUT2D eigenvalue weighted by atomic mass is 19.1. The number of nitrogens with zero attached hydrogens (tertiary/aromatic N) is 1. The number of likely N-dealkylation sites (tertiary alicyclic amines) is 1. The van der Waals surface area contributed by atoms with Crippen LogP contribution in [-0.4, -0.2) is 40.1 Å². The van der Waals surface area contributed by atoms with Crippen molar-refractivity contribution in [2.45, 2.75) is 45.4 Å². The zero-order valence-electron chi connectivity index (χ0n) is 17.2. The number of rotatable bonds is 6. The van der Waals surface area contributed by atoms with Gasteiger partial charge in [0.1, 0.15) is 5.82 Å². The smallest absolute Gasteiger partial charge is 0.224 e. The van der Waals surface area contributed by atoms with E-state index in [1.165, 1.54) is 17.7 Å². The van der Waals surface area contributed by atoms with Crippen LogP contribution in [0.25, 0.3) is 10.9 Å². The van der Waals surface area contributed by atoms with Crippen LogP contribution in [0.5, 0.6) is 0 Å². The molecule has 30 heavy (non-hydrogen) atoms. The lowest BCUT2D eigenvalue weighted by molar-refractivity contribution is -0.120. The molecule has 1 fully saturated rings. The minimum atomic E-state index is -0.302. The Morgan fingerprint density at radius 3 is 2.60 bits per heavy atom. The molecule has 6 heteroatoms. The van der Waals surface area contributed by atoms with Gasteiger partial charge >= 0.3 is 0 Å². The number of hydrogen-bond donors (Lipinski definition) is 3.